The van der Waals surface area contributed by atoms with Gasteiger partial charge in [-0.15, -0.1) is 23.2 Å². The Labute approximate surface area is 299 Å². The van der Waals surface area contributed by atoms with Gasteiger partial charge in [0.1, 0.15) is 22.9 Å². The summed E-state index contributed by atoms with van der Waals surface area (Å²) >= 11 is 11.9. The maximum atomic E-state index is 13.2. The second kappa shape index (κ2) is 16.8. The molecule has 266 valence electrons. The number of halogens is 2. The molecule has 0 unspecified atom stereocenters. The number of nitrogens with two attached hydrogens (primary N) is 1. The van der Waals surface area contributed by atoms with Crippen molar-refractivity contribution in [3.63, 3.8) is 0 Å². The van der Waals surface area contributed by atoms with Crippen LogP contribution in [0.3, 0.4) is 0 Å². The number of nitrogens with one attached hydrogen (secondary N) is 4. The predicted molar refractivity (Wildman–Crippen MR) is 195 cm³/mol. The SMILES string of the molecule is Cc1cc(C(=O)Nc2cc(C(=O)Nc3cc(C(=O)Nc4cc(C(=O)NCCC(N)=NO)n(C)c4)n(C)c3)n(C)c2)ccc1N(CCCl)CCCl. The van der Waals surface area contributed by atoms with Crippen molar-refractivity contribution >= 4 is 75.4 Å². The van der Waals surface area contributed by atoms with Crippen LogP contribution < -0.4 is 31.9 Å². The number of hydrogen-bond donors (Lipinski definition) is 6. The van der Waals surface area contributed by atoms with E-state index in [1.165, 1.54) is 12.1 Å². The average Bonchev–Trinajstić information content (AvgIpc) is 3.75. The lowest BCUT2D eigenvalue weighted by Crippen LogP contribution is -2.29. The topological polar surface area (TPSA) is 193 Å². The van der Waals surface area contributed by atoms with Gasteiger partial charge >= 0.3 is 0 Å². The molecule has 1 aromatic carbocycles. The second-order valence-corrected chi connectivity index (χ2v) is 12.3. The number of rotatable bonds is 15. The van der Waals surface area contributed by atoms with Crippen molar-refractivity contribution in [2.24, 2.45) is 32.0 Å². The number of aromatic nitrogens is 3. The lowest BCUT2D eigenvalue weighted by atomic mass is 10.1. The Morgan fingerprint density at radius 2 is 1.22 bits per heavy atom. The van der Waals surface area contributed by atoms with Crippen LogP contribution in [0.2, 0.25) is 0 Å². The van der Waals surface area contributed by atoms with E-state index in [1.54, 1.807) is 71.6 Å². The van der Waals surface area contributed by atoms with Crippen LogP contribution in [0.4, 0.5) is 22.7 Å². The third-order valence-electron chi connectivity index (χ3n) is 7.79. The maximum Gasteiger partial charge on any atom is 0.272 e. The minimum atomic E-state index is -0.463. The van der Waals surface area contributed by atoms with E-state index in [0.29, 0.717) is 53.2 Å². The molecule has 3 heterocycles. The lowest BCUT2D eigenvalue weighted by Gasteiger charge is -2.25. The van der Waals surface area contributed by atoms with Gasteiger partial charge in [0, 0.05) is 88.8 Å². The van der Waals surface area contributed by atoms with Gasteiger partial charge in [-0.25, -0.2) is 0 Å². The first kappa shape index (κ1) is 37.4. The molecule has 15 nitrogen and oxygen atoms in total. The number of nitrogens with zero attached hydrogens (tertiary/aromatic N) is 5. The molecule has 0 aliphatic rings. The van der Waals surface area contributed by atoms with Crippen molar-refractivity contribution in [2.45, 2.75) is 13.3 Å². The first-order valence-electron chi connectivity index (χ1n) is 15.5. The Balaban J connectivity index is 1.38. The first-order valence-corrected chi connectivity index (χ1v) is 16.6. The van der Waals surface area contributed by atoms with Gasteiger partial charge in [0.25, 0.3) is 23.6 Å². The summed E-state index contributed by atoms with van der Waals surface area (Å²) in [6.45, 7) is 3.34. The Bertz CT molecular complexity index is 1910. The zero-order valence-electron chi connectivity index (χ0n) is 28.1. The van der Waals surface area contributed by atoms with Crippen molar-refractivity contribution in [1.82, 2.24) is 19.0 Å². The van der Waals surface area contributed by atoms with Gasteiger partial charge in [-0.05, 0) is 48.9 Å². The quantitative estimate of drug-likeness (QED) is 0.0351. The van der Waals surface area contributed by atoms with E-state index in [2.05, 4.69) is 31.3 Å². The van der Waals surface area contributed by atoms with E-state index < -0.39 is 17.7 Å². The first-order chi connectivity index (χ1) is 23.8. The van der Waals surface area contributed by atoms with Crippen LogP contribution in [0.5, 0.6) is 0 Å². The van der Waals surface area contributed by atoms with Crippen molar-refractivity contribution in [1.29, 1.82) is 0 Å². The summed E-state index contributed by atoms with van der Waals surface area (Å²) in [6.07, 6.45) is 4.99. The Morgan fingerprint density at radius 3 is 1.66 bits per heavy atom. The number of oxime groups is 1. The van der Waals surface area contributed by atoms with Crippen molar-refractivity contribution in [2.75, 3.05) is 52.2 Å². The Morgan fingerprint density at radius 1 is 0.760 bits per heavy atom. The van der Waals surface area contributed by atoms with Gasteiger partial charge in [0.2, 0.25) is 0 Å². The van der Waals surface area contributed by atoms with E-state index in [4.69, 9.17) is 34.1 Å². The van der Waals surface area contributed by atoms with E-state index in [-0.39, 0.29) is 36.1 Å². The summed E-state index contributed by atoms with van der Waals surface area (Å²) in [4.78, 5) is 54.0. The van der Waals surface area contributed by atoms with E-state index >= 15 is 0 Å². The number of hydrogen-bond acceptors (Lipinski definition) is 7. The molecule has 4 aromatic rings. The molecule has 0 atom stereocenters. The molecule has 3 aromatic heterocycles. The molecule has 4 rings (SSSR count). The van der Waals surface area contributed by atoms with Crippen LogP contribution >= 0.6 is 23.2 Å². The standard InChI is InChI=1S/C33H40Cl2N10O5/c1-20-13-21(5-6-25(20)45(11-8-34)12-9-35)30(46)38-22-15-27(43(3)17-22)32(48)40-24-16-28(44(4)19-24)33(49)39-23-14-26(42(2)18-23)31(47)37-10-7-29(36)41-50/h5-6,13-19,50H,7-12H2,1-4H3,(H2,36,41)(H,37,47)(H,38,46)(H,39,49)(H,40,48). The minimum Gasteiger partial charge on any atom is -0.409 e. The monoisotopic (exact) mass is 726 g/mol. The van der Waals surface area contributed by atoms with Gasteiger partial charge in [-0.2, -0.15) is 0 Å². The zero-order valence-corrected chi connectivity index (χ0v) is 29.6. The largest absolute Gasteiger partial charge is 0.409 e. The molecule has 0 saturated heterocycles. The smallest absolute Gasteiger partial charge is 0.272 e. The molecule has 0 spiro atoms. The molecule has 0 fully saturated rings. The summed E-state index contributed by atoms with van der Waals surface area (Å²) in [5.41, 5.74) is 9.76. The Hall–Kier alpha value is -5.41. The maximum absolute atomic E-state index is 13.2. The molecule has 17 heteroatoms. The third-order valence-corrected chi connectivity index (χ3v) is 8.13. The highest BCUT2D eigenvalue weighted by molar-refractivity contribution is 6.18. The van der Waals surface area contributed by atoms with Gasteiger partial charge in [0.15, 0.2) is 0 Å². The summed E-state index contributed by atoms with van der Waals surface area (Å²) in [6, 6.07) is 10.00. The molecule has 4 amide bonds. The number of amidine groups is 1. The third kappa shape index (κ3) is 9.18. The fraction of sp³-hybridized carbons (Fsp3) is 0.303. The van der Waals surface area contributed by atoms with E-state index in [9.17, 15) is 19.2 Å². The fourth-order valence-electron chi connectivity index (χ4n) is 5.32. The fourth-order valence-corrected chi connectivity index (χ4v) is 5.73. The van der Waals surface area contributed by atoms with Crippen LogP contribution in [-0.4, -0.2) is 79.8 Å². The van der Waals surface area contributed by atoms with Gasteiger partial charge in [0.05, 0.1) is 17.1 Å². The number of carbonyl (C=O) groups is 4. The highest BCUT2D eigenvalue weighted by Gasteiger charge is 2.20. The normalized spacial score (nSPS) is 11.3. The molecule has 50 heavy (non-hydrogen) atoms. The molecular weight excluding hydrogens is 687 g/mol. The molecule has 7 N–H and O–H groups in total. The molecule has 0 bridgehead atoms. The van der Waals surface area contributed by atoms with Crippen LogP contribution in [0.1, 0.15) is 53.8 Å². The average molecular weight is 728 g/mol. The Kier molecular flexibility index (Phi) is 12.6. The van der Waals surface area contributed by atoms with Crippen LogP contribution in [-0.2, 0) is 21.1 Å². The van der Waals surface area contributed by atoms with Crippen LogP contribution in [0.15, 0.2) is 60.1 Å². The summed E-state index contributed by atoms with van der Waals surface area (Å²) in [5, 5.41) is 22.6. The van der Waals surface area contributed by atoms with Gasteiger partial charge in [-0.3, -0.25) is 19.2 Å². The molecule has 0 saturated carbocycles. The number of anilines is 4. The van der Waals surface area contributed by atoms with Crippen molar-refractivity contribution in [3.8, 4) is 0 Å². The highest BCUT2D eigenvalue weighted by Crippen LogP contribution is 2.24. The lowest BCUT2D eigenvalue weighted by molar-refractivity contribution is 0.0944. The van der Waals surface area contributed by atoms with Gasteiger partial charge < -0.3 is 50.8 Å². The predicted octanol–water partition coefficient (Wildman–Crippen LogP) is 3.92. The van der Waals surface area contributed by atoms with Crippen LogP contribution in [0.25, 0.3) is 0 Å². The number of carbonyl (C=O) groups excluding carboxylic acids is 4. The van der Waals surface area contributed by atoms with Crippen LogP contribution in [0, 0.1) is 6.92 Å². The van der Waals surface area contributed by atoms with E-state index in [1.807, 2.05) is 13.0 Å². The number of aryl methyl sites for hydroxylation is 4. The highest BCUT2D eigenvalue weighted by atomic mass is 35.5. The summed E-state index contributed by atoms with van der Waals surface area (Å²) in [7, 11) is 5.00. The summed E-state index contributed by atoms with van der Waals surface area (Å²) < 4.78 is 4.70. The summed E-state index contributed by atoms with van der Waals surface area (Å²) in [5.74, 6) is -0.757. The molecule has 0 aliphatic carbocycles. The number of amides is 4. The van der Waals surface area contributed by atoms with E-state index in [0.717, 1.165) is 11.3 Å². The van der Waals surface area contributed by atoms with Crippen molar-refractivity contribution < 1.29 is 24.4 Å². The second-order valence-electron chi connectivity index (χ2n) is 11.5. The number of benzene rings is 1. The zero-order chi connectivity index (χ0) is 36.5. The number of alkyl halides is 2. The van der Waals surface area contributed by atoms with Gasteiger partial charge in [-0.1, -0.05) is 5.16 Å². The minimum absolute atomic E-state index is 0.0107. The molecular formula is C33H40Cl2N10O5. The molecule has 0 aliphatic heterocycles. The molecule has 0 radical (unpaired) electrons. The van der Waals surface area contributed by atoms with Crippen molar-refractivity contribution in [3.05, 3.63) is 83.2 Å².